The molecule has 0 saturated carbocycles. The smallest absolute Gasteiger partial charge is 0.275 e. The second-order valence-electron chi connectivity index (χ2n) is 6.95. The minimum absolute atomic E-state index is 0.179. The molecule has 2 aromatic carbocycles. The summed E-state index contributed by atoms with van der Waals surface area (Å²) < 4.78 is 8.15. The van der Waals surface area contributed by atoms with Crippen molar-refractivity contribution in [1.82, 2.24) is 9.78 Å². The van der Waals surface area contributed by atoms with Crippen molar-refractivity contribution >= 4 is 33.2 Å². The van der Waals surface area contributed by atoms with Crippen molar-refractivity contribution in [2.75, 3.05) is 5.32 Å². The molecule has 0 fully saturated rings. The number of carbonyl (C=O) groups is 1. The van der Waals surface area contributed by atoms with Crippen LogP contribution >= 0.6 is 15.9 Å². The maximum atomic E-state index is 12.8. The highest BCUT2D eigenvalue weighted by Gasteiger charge is 2.21. The van der Waals surface area contributed by atoms with Crippen LogP contribution in [-0.4, -0.2) is 20.6 Å². The monoisotopic (exact) mass is 472 g/mol. The van der Waals surface area contributed by atoms with Gasteiger partial charge in [-0.15, -0.1) is 0 Å². The Morgan fingerprint density at radius 2 is 1.87 bits per heavy atom. The van der Waals surface area contributed by atoms with E-state index in [-0.39, 0.29) is 23.0 Å². The molecule has 1 atom stereocenters. The number of anilines is 1. The Labute approximate surface area is 182 Å². The first-order chi connectivity index (χ1) is 14.2. The lowest BCUT2D eigenvalue weighted by atomic mass is 10.1. The van der Waals surface area contributed by atoms with E-state index in [1.807, 2.05) is 39.0 Å². The molecule has 8 nitrogen and oxygen atoms in total. The number of ether oxygens (including phenoxy) is 1. The molecule has 1 aromatic heterocycles. The van der Waals surface area contributed by atoms with Crippen LogP contribution in [0.1, 0.15) is 30.5 Å². The van der Waals surface area contributed by atoms with Crippen molar-refractivity contribution in [2.45, 2.75) is 33.2 Å². The summed E-state index contributed by atoms with van der Waals surface area (Å²) in [7, 11) is 0. The Hall–Kier alpha value is -3.20. The van der Waals surface area contributed by atoms with Crippen LogP contribution < -0.4 is 10.1 Å². The van der Waals surface area contributed by atoms with Crippen LogP contribution in [0.2, 0.25) is 0 Å². The quantitative estimate of drug-likeness (QED) is 0.358. The molecule has 0 aliphatic rings. The first-order valence-corrected chi connectivity index (χ1v) is 10.1. The van der Waals surface area contributed by atoms with Gasteiger partial charge >= 0.3 is 0 Å². The summed E-state index contributed by atoms with van der Waals surface area (Å²) in [4.78, 5) is 23.7. The molecule has 0 spiro atoms. The minimum Gasteiger partial charge on any atom is -0.457 e. The van der Waals surface area contributed by atoms with E-state index in [0.717, 1.165) is 15.6 Å². The molecular formula is C21H21BrN4O4. The van der Waals surface area contributed by atoms with Gasteiger partial charge in [0.2, 0.25) is 5.91 Å². The fraction of sp³-hybridized carbons (Fsp3) is 0.238. The highest BCUT2D eigenvalue weighted by Crippen LogP contribution is 2.31. The zero-order valence-electron chi connectivity index (χ0n) is 16.8. The molecule has 1 heterocycles. The zero-order chi connectivity index (χ0) is 21.8. The first kappa shape index (κ1) is 21.5. The summed E-state index contributed by atoms with van der Waals surface area (Å²) in [6, 6.07) is 9.32. The predicted octanol–water partition coefficient (Wildman–Crippen LogP) is 5.55. The molecule has 0 aliphatic carbocycles. The van der Waals surface area contributed by atoms with Crippen LogP contribution in [0.4, 0.5) is 11.4 Å². The third kappa shape index (κ3) is 5.24. The van der Waals surface area contributed by atoms with Gasteiger partial charge in [0.15, 0.2) is 0 Å². The topological polar surface area (TPSA) is 99.3 Å². The van der Waals surface area contributed by atoms with Gasteiger partial charge in [-0.1, -0.05) is 13.0 Å². The number of carbonyl (C=O) groups excluding carboxylic acids is 1. The fourth-order valence-corrected chi connectivity index (χ4v) is 3.45. The lowest BCUT2D eigenvalue weighted by molar-refractivity contribution is -0.384. The average Bonchev–Trinajstić information content (AvgIpc) is 3.07. The number of non-ortho nitro benzene ring substituents is 1. The summed E-state index contributed by atoms with van der Waals surface area (Å²) in [5, 5.41) is 18.3. The number of aromatic nitrogens is 2. The van der Waals surface area contributed by atoms with Crippen molar-refractivity contribution in [1.29, 1.82) is 0 Å². The lowest BCUT2D eigenvalue weighted by Crippen LogP contribution is -2.26. The molecule has 0 bridgehead atoms. The van der Waals surface area contributed by atoms with Gasteiger partial charge in [0.25, 0.3) is 5.69 Å². The lowest BCUT2D eigenvalue weighted by Gasteiger charge is -2.16. The Bertz CT molecular complexity index is 1080. The Kier molecular flexibility index (Phi) is 6.51. The van der Waals surface area contributed by atoms with Crippen LogP contribution in [0.15, 0.2) is 53.3 Å². The summed E-state index contributed by atoms with van der Waals surface area (Å²) in [5.74, 6) is 0.503. The molecule has 1 N–H and O–H groups in total. The number of benzene rings is 2. The van der Waals surface area contributed by atoms with Crippen molar-refractivity contribution < 1.29 is 14.5 Å². The van der Waals surface area contributed by atoms with Crippen LogP contribution in [0.25, 0.3) is 0 Å². The third-order valence-electron chi connectivity index (χ3n) is 4.38. The number of amides is 1. The third-order valence-corrected chi connectivity index (χ3v) is 4.79. The normalized spacial score (nSPS) is 11.7. The number of hydrogen-bond acceptors (Lipinski definition) is 5. The summed E-state index contributed by atoms with van der Waals surface area (Å²) in [5.41, 5.74) is 2.13. The van der Waals surface area contributed by atoms with Gasteiger partial charge in [0.1, 0.15) is 17.5 Å². The molecule has 1 unspecified atom stereocenters. The van der Waals surface area contributed by atoms with Gasteiger partial charge in [-0.25, -0.2) is 0 Å². The second-order valence-corrected chi connectivity index (χ2v) is 7.87. The molecule has 1 amide bonds. The number of nitro benzene ring substituents is 1. The van der Waals surface area contributed by atoms with Crippen LogP contribution in [0, 0.1) is 24.0 Å². The largest absolute Gasteiger partial charge is 0.457 e. The number of nitro groups is 1. The summed E-state index contributed by atoms with van der Waals surface area (Å²) in [6.07, 6.45) is 3.80. The molecular weight excluding hydrogens is 452 g/mol. The highest BCUT2D eigenvalue weighted by atomic mass is 79.9. The maximum absolute atomic E-state index is 12.8. The highest BCUT2D eigenvalue weighted by molar-refractivity contribution is 9.10. The second kappa shape index (κ2) is 9.08. The van der Waals surface area contributed by atoms with Gasteiger partial charge in [-0.3, -0.25) is 19.6 Å². The number of hydrogen-bond donors (Lipinski definition) is 1. The van der Waals surface area contributed by atoms with Crippen molar-refractivity contribution in [2.24, 2.45) is 0 Å². The Morgan fingerprint density at radius 3 is 2.43 bits per heavy atom. The van der Waals surface area contributed by atoms with E-state index < -0.39 is 11.0 Å². The summed E-state index contributed by atoms with van der Waals surface area (Å²) >= 11 is 3.32. The molecule has 156 valence electrons. The van der Waals surface area contributed by atoms with E-state index in [9.17, 15) is 14.9 Å². The maximum Gasteiger partial charge on any atom is 0.275 e. The minimum atomic E-state index is -0.556. The number of aryl methyl sites for hydroxylation is 2. The van der Waals surface area contributed by atoms with Crippen molar-refractivity contribution in [3.63, 3.8) is 0 Å². The molecule has 0 aliphatic heterocycles. The number of halogens is 1. The Morgan fingerprint density at radius 1 is 1.20 bits per heavy atom. The van der Waals surface area contributed by atoms with E-state index in [4.69, 9.17) is 4.74 Å². The summed E-state index contributed by atoms with van der Waals surface area (Å²) in [6.45, 7) is 5.75. The van der Waals surface area contributed by atoms with Gasteiger partial charge < -0.3 is 10.1 Å². The fourth-order valence-electron chi connectivity index (χ4n) is 3.15. The Balaban J connectivity index is 1.88. The van der Waals surface area contributed by atoms with E-state index in [1.54, 1.807) is 23.1 Å². The SMILES string of the molecule is CCC(C(=O)Nc1cc(Oc2cc(C)cc(C)c2)cc([N+](=O)[O-])c1)n1cc(Br)cn1. The van der Waals surface area contributed by atoms with Gasteiger partial charge in [0, 0.05) is 18.3 Å². The molecule has 0 radical (unpaired) electrons. The van der Waals surface area contributed by atoms with Crippen LogP contribution in [-0.2, 0) is 4.79 Å². The molecule has 3 aromatic rings. The molecule has 0 saturated heterocycles. The molecule has 30 heavy (non-hydrogen) atoms. The zero-order valence-corrected chi connectivity index (χ0v) is 18.3. The number of nitrogens with one attached hydrogen (secondary N) is 1. The predicted molar refractivity (Wildman–Crippen MR) is 117 cm³/mol. The van der Waals surface area contributed by atoms with Crippen molar-refractivity contribution in [3.05, 3.63) is 74.5 Å². The molecule has 3 rings (SSSR count). The van der Waals surface area contributed by atoms with Crippen LogP contribution in [0.3, 0.4) is 0 Å². The van der Waals surface area contributed by atoms with Gasteiger partial charge in [0.05, 0.1) is 27.3 Å². The van der Waals surface area contributed by atoms with E-state index in [2.05, 4.69) is 26.3 Å². The first-order valence-electron chi connectivity index (χ1n) is 9.31. The van der Waals surface area contributed by atoms with E-state index >= 15 is 0 Å². The standard InChI is InChI=1S/C21H21BrN4O4/c1-4-20(25-12-15(22)11-23-25)21(27)24-16-8-17(26(28)29)10-19(9-16)30-18-6-13(2)5-14(3)7-18/h5-12,20H,4H2,1-3H3,(H,24,27). The average molecular weight is 473 g/mol. The van der Waals surface area contributed by atoms with Crippen LogP contribution in [0.5, 0.6) is 11.5 Å². The van der Waals surface area contributed by atoms with Crippen molar-refractivity contribution in [3.8, 4) is 11.5 Å². The molecule has 9 heteroatoms. The number of rotatable bonds is 7. The number of nitrogens with zero attached hydrogens (tertiary/aromatic N) is 3. The van der Waals surface area contributed by atoms with E-state index in [0.29, 0.717) is 12.2 Å². The van der Waals surface area contributed by atoms with Gasteiger partial charge in [-0.05, 0) is 59.5 Å². The van der Waals surface area contributed by atoms with E-state index in [1.165, 1.54) is 12.1 Å². The van der Waals surface area contributed by atoms with Gasteiger partial charge in [-0.2, -0.15) is 5.10 Å².